The van der Waals surface area contributed by atoms with Crippen LogP contribution in [0.15, 0.2) is 0 Å². The minimum Gasteiger partial charge on any atom is -0.547 e. The fraction of sp³-hybridized carbons (Fsp3) is 0.667. The van der Waals surface area contributed by atoms with Crippen LogP contribution in [0, 0.1) is 0 Å². The molecule has 15 heavy (non-hydrogen) atoms. The van der Waals surface area contributed by atoms with Crippen LogP contribution >= 0.6 is 0 Å². The summed E-state index contributed by atoms with van der Waals surface area (Å²) in [6, 6.07) is 0. The van der Waals surface area contributed by atoms with Crippen molar-refractivity contribution in [3.05, 3.63) is 0 Å². The second-order valence-corrected chi connectivity index (χ2v) is 1.99. The molecule has 0 saturated heterocycles. The Morgan fingerprint density at radius 3 is 1.00 bits per heavy atom. The van der Waals surface area contributed by atoms with Crippen LogP contribution in [0.2, 0.25) is 0 Å². The maximum atomic E-state index is 9.34. The summed E-state index contributed by atoms with van der Waals surface area (Å²) in [7, 11) is 0. The molecule has 0 aliphatic heterocycles. The van der Waals surface area contributed by atoms with Gasteiger partial charge in [0.15, 0.2) is 0 Å². The van der Waals surface area contributed by atoms with Gasteiger partial charge in [0.2, 0.25) is 0 Å². The fourth-order valence-corrected chi connectivity index (χ4v) is 0. The van der Waals surface area contributed by atoms with Crippen LogP contribution in [-0.4, -0.2) is 68.4 Å². The van der Waals surface area contributed by atoms with Gasteiger partial charge < -0.3 is 41.0 Å². The van der Waals surface area contributed by atoms with Crippen LogP contribution in [0.5, 0.6) is 0 Å². The number of hydrogen-bond donors (Lipinski definition) is 2. The molecule has 9 heteroatoms. The number of carboxylic acid groups (broad SMARTS) is 2. The molecule has 0 amide bonds. The van der Waals surface area contributed by atoms with Gasteiger partial charge in [-0.25, -0.2) is 0 Å². The molecule has 0 radical (unpaired) electrons. The molecule has 0 aromatic heterocycles. The van der Waals surface area contributed by atoms with Gasteiger partial charge in [0, 0.05) is 0 Å². The molecule has 0 rings (SSSR count). The van der Waals surface area contributed by atoms with Crippen molar-refractivity contribution >= 4 is 35.0 Å². The molecular formula is C6H14MgO8. The van der Waals surface area contributed by atoms with Gasteiger partial charge in [-0.1, -0.05) is 0 Å². The van der Waals surface area contributed by atoms with Crippen LogP contribution in [0.3, 0.4) is 0 Å². The van der Waals surface area contributed by atoms with Crippen molar-refractivity contribution in [2.24, 2.45) is 0 Å². The van der Waals surface area contributed by atoms with Gasteiger partial charge >= 0.3 is 23.1 Å². The number of aliphatic carboxylic acids is 2. The van der Waals surface area contributed by atoms with Gasteiger partial charge in [-0.05, 0) is 13.8 Å². The van der Waals surface area contributed by atoms with Crippen molar-refractivity contribution < 1.29 is 41.0 Å². The van der Waals surface area contributed by atoms with E-state index in [2.05, 4.69) is 0 Å². The Bertz CT molecular complexity index is 139. The monoisotopic (exact) mass is 238 g/mol. The first kappa shape index (κ1) is 29.3. The predicted octanol–water partition coefficient (Wildman–Crippen LogP) is -5.80. The molecular weight excluding hydrogens is 224 g/mol. The maximum absolute atomic E-state index is 9.34. The Labute approximate surface area is 102 Å². The van der Waals surface area contributed by atoms with Crippen molar-refractivity contribution in [2.45, 2.75) is 26.1 Å². The van der Waals surface area contributed by atoms with Gasteiger partial charge in [0.25, 0.3) is 0 Å². The summed E-state index contributed by atoms with van der Waals surface area (Å²) in [5.41, 5.74) is 0. The van der Waals surface area contributed by atoms with Crippen LogP contribution in [0.25, 0.3) is 0 Å². The standard InChI is InChI=1S/2C3H6O3.Mg.2H2O/c2*1-2(4)3(5)6;;;/h2*2,4H,1H3,(H,5,6);;2*1H2/q;;+2;;/p-2/t2*2-;;;/m11.../s1. The summed E-state index contributed by atoms with van der Waals surface area (Å²) in [5.74, 6) is -2.87. The molecule has 88 valence electrons. The van der Waals surface area contributed by atoms with Crippen molar-refractivity contribution in [1.82, 2.24) is 0 Å². The molecule has 0 saturated carbocycles. The second-order valence-electron chi connectivity index (χ2n) is 1.99. The van der Waals surface area contributed by atoms with Crippen molar-refractivity contribution in [1.29, 1.82) is 0 Å². The molecule has 2 atom stereocenters. The Morgan fingerprint density at radius 2 is 1.00 bits per heavy atom. The average Bonchev–Trinajstić information content (AvgIpc) is 1.88. The summed E-state index contributed by atoms with van der Waals surface area (Å²) >= 11 is 0. The van der Waals surface area contributed by atoms with E-state index in [-0.39, 0.29) is 34.0 Å². The summed E-state index contributed by atoms with van der Waals surface area (Å²) in [4.78, 5) is 18.7. The third-order valence-corrected chi connectivity index (χ3v) is 0.682. The first-order chi connectivity index (χ1) is 5.29. The largest absolute Gasteiger partial charge is 2.00 e. The molecule has 0 aromatic rings. The van der Waals surface area contributed by atoms with Gasteiger partial charge in [0.05, 0.1) is 24.1 Å². The SMILES string of the molecule is C[C@@H](O)C(=O)[O-].C[C@@H](O)C(=O)[O-].O.O.[Mg+2]. The number of carbonyl (C=O) groups excluding carboxylic acids is 2. The van der Waals surface area contributed by atoms with E-state index in [0.29, 0.717) is 0 Å². The Hall–Kier alpha value is -0.454. The van der Waals surface area contributed by atoms with E-state index in [4.69, 9.17) is 10.2 Å². The van der Waals surface area contributed by atoms with E-state index in [9.17, 15) is 19.8 Å². The number of carbonyl (C=O) groups is 2. The molecule has 8 nitrogen and oxygen atoms in total. The number of aliphatic hydroxyl groups excluding tert-OH is 2. The Kier molecular flexibility index (Phi) is 31.2. The van der Waals surface area contributed by atoms with Gasteiger partial charge in [-0.2, -0.15) is 0 Å². The van der Waals surface area contributed by atoms with Gasteiger partial charge in [0.1, 0.15) is 0 Å². The van der Waals surface area contributed by atoms with E-state index in [1.165, 1.54) is 0 Å². The van der Waals surface area contributed by atoms with E-state index < -0.39 is 24.1 Å². The molecule has 0 spiro atoms. The number of carboxylic acids is 2. The zero-order chi connectivity index (χ0) is 10.3. The summed E-state index contributed by atoms with van der Waals surface area (Å²) in [6.07, 6.45) is -2.69. The predicted molar refractivity (Wildman–Crippen MR) is 46.4 cm³/mol. The second kappa shape index (κ2) is 16.0. The van der Waals surface area contributed by atoms with Crippen molar-refractivity contribution in [3.63, 3.8) is 0 Å². The first-order valence-corrected chi connectivity index (χ1v) is 3.06. The third-order valence-electron chi connectivity index (χ3n) is 0.682. The molecule has 0 bridgehead atoms. The van der Waals surface area contributed by atoms with E-state index in [1.807, 2.05) is 0 Å². The van der Waals surface area contributed by atoms with Crippen molar-refractivity contribution in [3.8, 4) is 0 Å². The van der Waals surface area contributed by atoms with E-state index >= 15 is 0 Å². The van der Waals surface area contributed by atoms with E-state index in [0.717, 1.165) is 13.8 Å². The van der Waals surface area contributed by atoms with Crippen LogP contribution < -0.4 is 10.2 Å². The Balaban J connectivity index is -0.0000000370. The number of aliphatic hydroxyl groups is 2. The minimum atomic E-state index is -1.44. The summed E-state index contributed by atoms with van der Waals surface area (Å²) < 4.78 is 0. The minimum absolute atomic E-state index is 0. The molecule has 0 aromatic carbocycles. The third kappa shape index (κ3) is 31.7. The van der Waals surface area contributed by atoms with Crippen LogP contribution in [-0.2, 0) is 9.59 Å². The molecule has 0 unspecified atom stereocenters. The smallest absolute Gasteiger partial charge is 0.547 e. The van der Waals surface area contributed by atoms with Crippen LogP contribution in [0.4, 0.5) is 0 Å². The quantitative estimate of drug-likeness (QED) is 0.451. The Morgan fingerprint density at radius 1 is 0.933 bits per heavy atom. The topological polar surface area (TPSA) is 184 Å². The van der Waals surface area contributed by atoms with E-state index in [1.54, 1.807) is 0 Å². The number of hydrogen-bond acceptors (Lipinski definition) is 6. The average molecular weight is 238 g/mol. The first-order valence-electron chi connectivity index (χ1n) is 3.06. The fourth-order valence-electron chi connectivity index (χ4n) is 0. The van der Waals surface area contributed by atoms with Crippen LogP contribution in [0.1, 0.15) is 13.8 Å². The van der Waals surface area contributed by atoms with Gasteiger partial charge in [-0.15, -0.1) is 0 Å². The van der Waals surface area contributed by atoms with Crippen molar-refractivity contribution in [2.75, 3.05) is 0 Å². The summed E-state index contributed by atoms with van der Waals surface area (Å²) in [5, 5.41) is 34.6. The zero-order valence-corrected chi connectivity index (χ0v) is 9.80. The molecule has 0 aliphatic carbocycles. The molecule has 0 aliphatic rings. The number of rotatable bonds is 2. The maximum Gasteiger partial charge on any atom is 2.00 e. The normalized spacial score (nSPS) is 10.9. The molecule has 0 fully saturated rings. The zero-order valence-electron chi connectivity index (χ0n) is 8.39. The summed E-state index contributed by atoms with van der Waals surface area (Å²) in [6.45, 7) is 2.27. The molecule has 0 heterocycles. The molecule has 6 N–H and O–H groups in total. The van der Waals surface area contributed by atoms with Gasteiger partial charge in [-0.3, -0.25) is 0 Å².